The lowest BCUT2D eigenvalue weighted by molar-refractivity contribution is -0.201. The Bertz CT molecular complexity index is 1670. The van der Waals surface area contributed by atoms with E-state index in [2.05, 4.69) is 9.97 Å². The highest BCUT2D eigenvalue weighted by molar-refractivity contribution is 6.21. The zero-order valence-electron chi connectivity index (χ0n) is 21.7. The molecule has 2 aromatic heterocycles. The summed E-state index contributed by atoms with van der Waals surface area (Å²) in [6.45, 7) is 5.39. The molecule has 0 radical (unpaired) electrons. The molecule has 3 aliphatic rings. The molecule has 0 saturated carbocycles. The number of aryl methyl sites for hydroxylation is 1. The van der Waals surface area contributed by atoms with Gasteiger partial charge in [-0.25, -0.2) is 18.7 Å². The number of carbonyl (C=O) groups excluding carboxylic acids is 2. The van der Waals surface area contributed by atoms with E-state index in [0.717, 1.165) is 28.1 Å². The number of carbonyl (C=O) groups is 2. The molecule has 2 fully saturated rings. The van der Waals surface area contributed by atoms with E-state index in [0.29, 0.717) is 5.65 Å². The molecule has 0 aliphatic carbocycles. The fraction of sp³-hybridized carbons (Fsp3) is 0.310. The number of hydrogen-bond acceptors (Lipinski definition) is 7. The zero-order valence-corrected chi connectivity index (χ0v) is 21.7. The standard InChI is InChI=1S/C29H24F2N4O5/c1-14-16-10-11-34(25(16)33-13-32-14)28-24-23(39-29(2,3)40-24)22(38-28)21(15-8-9-19(30)20(31)12-15)35-26(36)17-6-4-5-7-18(17)27(35)37/h4-13,21-24,28H,1-3H3/t21-,22+,23+,24+,28+/m0/s1. The summed E-state index contributed by atoms with van der Waals surface area (Å²) in [6.07, 6.45) is 0.0452. The Morgan fingerprint density at radius 2 is 1.62 bits per heavy atom. The van der Waals surface area contributed by atoms with Crippen molar-refractivity contribution in [3.8, 4) is 0 Å². The summed E-state index contributed by atoms with van der Waals surface area (Å²) in [4.78, 5) is 37.1. The zero-order chi connectivity index (χ0) is 27.9. The largest absolute Gasteiger partial charge is 0.346 e. The number of imide groups is 1. The fourth-order valence-electron chi connectivity index (χ4n) is 6.03. The van der Waals surface area contributed by atoms with Crippen molar-refractivity contribution >= 4 is 22.8 Å². The first-order chi connectivity index (χ1) is 19.1. The maximum atomic E-state index is 14.6. The molecule has 4 aromatic rings. The molecule has 11 heteroatoms. The summed E-state index contributed by atoms with van der Waals surface area (Å²) in [5.41, 5.74) is 2.01. The number of ether oxygens (including phenoxy) is 3. The molecule has 5 heterocycles. The van der Waals surface area contributed by atoms with Crippen LogP contribution < -0.4 is 0 Å². The van der Waals surface area contributed by atoms with Crippen molar-refractivity contribution < 1.29 is 32.6 Å². The van der Waals surface area contributed by atoms with Crippen LogP contribution in [0, 0.1) is 18.6 Å². The van der Waals surface area contributed by atoms with Crippen molar-refractivity contribution in [3.05, 3.63) is 95.1 Å². The number of hydrogen-bond donors (Lipinski definition) is 0. The Labute approximate surface area is 227 Å². The Hall–Kier alpha value is -4.06. The van der Waals surface area contributed by atoms with Gasteiger partial charge in [0.05, 0.1) is 22.9 Å². The minimum absolute atomic E-state index is 0.182. The van der Waals surface area contributed by atoms with E-state index in [4.69, 9.17) is 14.2 Å². The monoisotopic (exact) mass is 546 g/mol. The van der Waals surface area contributed by atoms with Gasteiger partial charge in [0.1, 0.15) is 30.3 Å². The quantitative estimate of drug-likeness (QED) is 0.349. The van der Waals surface area contributed by atoms with Gasteiger partial charge < -0.3 is 18.8 Å². The Kier molecular flexibility index (Phi) is 5.44. The topological polar surface area (TPSA) is 95.8 Å². The van der Waals surface area contributed by atoms with Gasteiger partial charge in [-0.15, -0.1) is 0 Å². The van der Waals surface area contributed by atoms with Crippen LogP contribution in [0.15, 0.2) is 61.1 Å². The highest BCUT2D eigenvalue weighted by atomic mass is 19.2. The predicted octanol–water partition coefficient (Wildman–Crippen LogP) is 4.47. The highest BCUT2D eigenvalue weighted by Crippen LogP contribution is 2.49. The second-order valence-corrected chi connectivity index (χ2v) is 10.6. The minimum atomic E-state index is -1.16. The molecular formula is C29H24F2N4O5. The number of nitrogens with zero attached hydrogens (tertiary/aromatic N) is 4. The van der Waals surface area contributed by atoms with Crippen LogP contribution in [-0.4, -0.2) is 55.3 Å². The van der Waals surface area contributed by atoms with E-state index >= 15 is 0 Å². The SMILES string of the molecule is Cc1ncnc2c1ccn2[C@@H]1O[C@H]([C@H](c2ccc(F)c(F)c2)N2C(=O)c3ccccc3C2=O)[C@H]2OC(C)(C)O[C@H]21. The highest BCUT2D eigenvalue weighted by Gasteiger charge is 2.60. The second-order valence-electron chi connectivity index (χ2n) is 10.6. The average Bonchev–Trinajstić information content (AvgIpc) is 3.64. The average molecular weight is 547 g/mol. The van der Waals surface area contributed by atoms with Crippen LogP contribution in [0.1, 0.15) is 58.1 Å². The van der Waals surface area contributed by atoms with Crippen molar-refractivity contribution in [2.24, 2.45) is 0 Å². The third-order valence-electron chi connectivity index (χ3n) is 7.75. The molecule has 0 unspecified atom stereocenters. The third-order valence-corrected chi connectivity index (χ3v) is 7.75. The summed E-state index contributed by atoms with van der Waals surface area (Å²) < 4.78 is 49.6. The van der Waals surface area contributed by atoms with Gasteiger partial charge in [-0.1, -0.05) is 18.2 Å². The van der Waals surface area contributed by atoms with Crippen LogP contribution in [0.25, 0.3) is 11.0 Å². The smallest absolute Gasteiger partial charge is 0.262 e. The molecule has 7 rings (SSSR count). The number of fused-ring (bicyclic) bond motifs is 3. The summed E-state index contributed by atoms with van der Waals surface area (Å²) in [5, 5.41) is 0.821. The van der Waals surface area contributed by atoms with Crippen LogP contribution in [-0.2, 0) is 14.2 Å². The summed E-state index contributed by atoms with van der Waals surface area (Å²) in [5.74, 6) is -4.32. The maximum Gasteiger partial charge on any atom is 0.262 e. The molecule has 2 aromatic carbocycles. The normalized spacial score (nSPS) is 26.0. The van der Waals surface area contributed by atoms with Crippen LogP contribution >= 0.6 is 0 Å². The lowest BCUT2D eigenvalue weighted by atomic mass is 9.94. The molecule has 0 spiro atoms. The molecule has 5 atom stereocenters. The van der Waals surface area contributed by atoms with Crippen molar-refractivity contribution in [2.45, 2.75) is 57.1 Å². The molecule has 40 heavy (non-hydrogen) atoms. The summed E-state index contributed by atoms with van der Waals surface area (Å²) in [6, 6.07) is 10.5. The van der Waals surface area contributed by atoms with Crippen molar-refractivity contribution in [3.63, 3.8) is 0 Å². The maximum absolute atomic E-state index is 14.6. The van der Waals surface area contributed by atoms with Gasteiger partial charge in [0.25, 0.3) is 11.8 Å². The summed E-state index contributed by atoms with van der Waals surface area (Å²) >= 11 is 0. The first kappa shape index (κ1) is 24.9. The minimum Gasteiger partial charge on any atom is -0.346 e. The lowest BCUT2D eigenvalue weighted by Gasteiger charge is -2.34. The Morgan fingerprint density at radius 1 is 0.925 bits per heavy atom. The van der Waals surface area contributed by atoms with E-state index in [1.165, 1.54) is 12.4 Å². The number of halogens is 2. The van der Waals surface area contributed by atoms with Crippen LogP contribution in [0.5, 0.6) is 0 Å². The van der Waals surface area contributed by atoms with Gasteiger partial charge in [0.15, 0.2) is 23.6 Å². The Balaban J connectivity index is 1.38. The number of aromatic nitrogens is 3. The van der Waals surface area contributed by atoms with Crippen LogP contribution in [0.2, 0.25) is 0 Å². The van der Waals surface area contributed by atoms with E-state index < -0.39 is 59.8 Å². The summed E-state index contributed by atoms with van der Waals surface area (Å²) in [7, 11) is 0. The van der Waals surface area contributed by atoms with Gasteiger partial charge in [-0.2, -0.15) is 0 Å². The molecule has 0 bridgehead atoms. The van der Waals surface area contributed by atoms with E-state index in [-0.39, 0.29) is 16.7 Å². The molecular weight excluding hydrogens is 522 g/mol. The first-order valence-electron chi connectivity index (χ1n) is 12.9. The van der Waals surface area contributed by atoms with E-state index in [9.17, 15) is 18.4 Å². The number of amides is 2. The second kappa shape index (κ2) is 8.72. The Morgan fingerprint density at radius 3 is 2.33 bits per heavy atom. The number of benzene rings is 2. The van der Waals surface area contributed by atoms with E-state index in [1.54, 1.807) is 48.9 Å². The number of rotatable bonds is 4. The van der Waals surface area contributed by atoms with Crippen LogP contribution in [0.4, 0.5) is 8.78 Å². The van der Waals surface area contributed by atoms with Gasteiger partial charge in [0.2, 0.25) is 0 Å². The first-order valence-corrected chi connectivity index (χ1v) is 12.9. The van der Waals surface area contributed by atoms with Crippen molar-refractivity contribution in [2.75, 3.05) is 0 Å². The molecule has 2 saturated heterocycles. The molecule has 204 valence electrons. The van der Waals surface area contributed by atoms with Gasteiger partial charge in [0, 0.05) is 11.6 Å². The molecule has 9 nitrogen and oxygen atoms in total. The van der Waals surface area contributed by atoms with Crippen LogP contribution in [0.3, 0.4) is 0 Å². The predicted molar refractivity (Wildman–Crippen MR) is 136 cm³/mol. The van der Waals surface area contributed by atoms with Gasteiger partial charge >= 0.3 is 0 Å². The van der Waals surface area contributed by atoms with E-state index in [1.807, 2.05) is 13.0 Å². The lowest BCUT2D eigenvalue weighted by Crippen LogP contribution is -2.45. The van der Waals surface area contributed by atoms with Gasteiger partial charge in [-0.05, 0) is 56.7 Å². The fourth-order valence-corrected chi connectivity index (χ4v) is 6.03. The van der Waals surface area contributed by atoms with Gasteiger partial charge in [-0.3, -0.25) is 14.5 Å². The van der Waals surface area contributed by atoms with Crippen molar-refractivity contribution in [1.82, 2.24) is 19.4 Å². The third kappa shape index (κ3) is 3.61. The molecule has 3 aliphatic heterocycles. The molecule has 2 amide bonds. The molecule has 0 N–H and O–H groups in total. The van der Waals surface area contributed by atoms with Crippen molar-refractivity contribution in [1.29, 1.82) is 0 Å².